The Morgan fingerprint density at radius 3 is 2.92 bits per heavy atom. The molecular weight excluding hydrogens is 154 g/mol. The van der Waals surface area contributed by atoms with E-state index in [4.69, 9.17) is 5.41 Å². The predicted molar refractivity (Wildman–Crippen MR) is 45.4 cm³/mol. The molecule has 0 spiro atoms. The van der Waals surface area contributed by atoms with Crippen LogP contribution in [0, 0.1) is 12.3 Å². The van der Waals surface area contributed by atoms with Crippen LogP contribution in [0.5, 0.6) is 0 Å². The van der Waals surface area contributed by atoms with Gasteiger partial charge < -0.3 is 4.74 Å². The summed E-state index contributed by atoms with van der Waals surface area (Å²) < 4.78 is 4.39. The molecule has 3 heteroatoms. The second-order valence-corrected chi connectivity index (χ2v) is 2.39. The first-order chi connectivity index (χ1) is 5.74. The summed E-state index contributed by atoms with van der Waals surface area (Å²) in [7, 11) is 0. The zero-order chi connectivity index (χ0) is 8.97. The van der Waals surface area contributed by atoms with Gasteiger partial charge in [-0.25, -0.2) is 4.79 Å². The monoisotopic (exact) mass is 163 g/mol. The minimum absolute atomic E-state index is 0.471. The van der Waals surface area contributed by atoms with Crippen LogP contribution in [0.15, 0.2) is 24.3 Å². The van der Waals surface area contributed by atoms with Crippen molar-refractivity contribution in [2.75, 3.05) is 0 Å². The van der Waals surface area contributed by atoms with E-state index in [1.807, 2.05) is 13.0 Å². The second kappa shape index (κ2) is 3.67. The molecule has 1 N–H and O–H groups in total. The quantitative estimate of drug-likeness (QED) is 0.410. The van der Waals surface area contributed by atoms with Crippen molar-refractivity contribution >= 4 is 12.4 Å². The van der Waals surface area contributed by atoms with Gasteiger partial charge in [-0.2, -0.15) is 0 Å². The third-order valence-corrected chi connectivity index (χ3v) is 1.42. The molecule has 0 atom stereocenters. The Morgan fingerprint density at radius 2 is 2.33 bits per heavy atom. The number of nitrogens with one attached hydrogen (secondary N) is 1. The van der Waals surface area contributed by atoms with E-state index in [1.165, 1.54) is 0 Å². The van der Waals surface area contributed by atoms with Gasteiger partial charge in [0.05, 0.1) is 5.56 Å². The van der Waals surface area contributed by atoms with Crippen LogP contribution in [0.25, 0.3) is 0 Å². The summed E-state index contributed by atoms with van der Waals surface area (Å²) in [6.07, 6.45) is 0.630. The maximum atomic E-state index is 11.0. The Hall–Kier alpha value is -1.64. The number of hydrogen-bond acceptors (Lipinski definition) is 3. The first kappa shape index (κ1) is 8.46. The number of benzene rings is 1. The molecule has 0 fully saturated rings. The van der Waals surface area contributed by atoms with Gasteiger partial charge in [0, 0.05) is 0 Å². The number of aryl methyl sites for hydroxylation is 1. The summed E-state index contributed by atoms with van der Waals surface area (Å²) in [5.74, 6) is -0.492. The smallest absolute Gasteiger partial charge is 0.344 e. The van der Waals surface area contributed by atoms with Gasteiger partial charge in [0.15, 0.2) is 6.40 Å². The molecule has 0 heterocycles. The first-order valence-electron chi connectivity index (χ1n) is 3.50. The van der Waals surface area contributed by atoms with Crippen LogP contribution >= 0.6 is 0 Å². The fourth-order valence-electron chi connectivity index (χ4n) is 0.894. The Kier molecular flexibility index (Phi) is 2.58. The normalized spacial score (nSPS) is 9.08. The molecule has 0 saturated heterocycles. The van der Waals surface area contributed by atoms with Gasteiger partial charge in [-0.1, -0.05) is 17.7 Å². The summed E-state index contributed by atoms with van der Waals surface area (Å²) in [4.78, 5) is 11.0. The molecule has 3 nitrogen and oxygen atoms in total. The van der Waals surface area contributed by atoms with Gasteiger partial charge in [-0.15, -0.1) is 0 Å². The number of carbonyl (C=O) groups excluding carboxylic acids is 1. The average Bonchev–Trinajstić information content (AvgIpc) is 2.05. The van der Waals surface area contributed by atoms with Crippen molar-refractivity contribution in [3.05, 3.63) is 35.4 Å². The molecule has 0 aliphatic rings. The van der Waals surface area contributed by atoms with Gasteiger partial charge >= 0.3 is 5.97 Å². The molecule has 0 aliphatic heterocycles. The van der Waals surface area contributed by atoms with E-state index in [0.29, 0.717) is 12.0 Å². The van der Waals surface area contributed by atoms with Crippen LogP contribution in [-0.4, -0.2) is 12.4 Å². The molecule has 1 rings (SSSR count). The van der Waals surface area contributed by atoms with E-state index in [9.17, 15) is 4.79 Å². The first-order valence-corrected chi connectivity index (χ1v) is 3.50. The maximum absolute atomic E-state index is 11.0. The number of carbonyl (C=O) groups is 1. The summed E-state index contributed by atoms with van der Waals surface area (Å²) in [5, 5.41) is 6.57. The van der Waals surface area contributed by atoms with Crippen LogP contribution in [0.2, 0.25) is 0 Å². The van der Waals surface area contributed by atoms with Crippen molar-refractivity contribution in [1.29, 1.82) is 5.41 Å². The van der Waals surface area contributed by atoms with E-state index in [2.05, 4.69) is 4.74 Å². The molecule has 12 heavy (non-hydrogen) atoms. The van der Waals surface area contributed by atoms with Crippen LogP contribution in [-0.2, 0) is 4.74 Å². The highest BCUT2D eigenvalue weighted by Crippen LogP contribution is 2.04. The van der Waals surface area contributed by atoms with Gasteiger partial charge in [-0.05, 0) is 19.1 Å². The Labute approximate surface area is 70.5 Å². The summed E-state index contributed by atoms with van der Waals surface area (Å²) in [6, 6.07) is 7.03. The maximum Gasteiger partial charge on any atom is 0.344 e. The van der Waals surface area contributed by atoms with Gasteiger partial charge in [0.1, 0.15) is 0 Å². The Bertz CT molecular complexity index is 307. The zero-order valence-electron chi connectivity index (χ0n) is 6.70. The van der Waals surface area contributed by atoms with Crippen molar-refractivity contribution in [3.8, 4) is 0 Å². The summed E-state index contributed by atoms with van der Waals surface area (Å²) >= 11 is 0. The van der Waals surface area contributed by atoms with Crippen molar-refractivity contribution in [3.63, 3.8) is 0 Å². The van der Waals surface area contributed by atoms with Crippen molar-refractivity contribution in [2.45, 2.75) is 6.92 Å². The van der Waals surface area contributed by atoms with Crippen LogP contribution in [0.1, 0.15) is 15.9 Å². The van der Waals surface area contributed by atoms with Crippen LogP contribution in [0.3, 0.4) is 0 Å². The van der Waals surface area contributed by atoms with Crippen molar-refractivity contribution in [1.82, 2.24) is 0 Å². The number of rotatable bonds is 2. The van der Waals surface area contributed by atoms with Gasteiger partial charge in [0.2, 0.25) is 0 Å². The lowest BCUT2D eigenvalue weighted by atomic mass is 10.1. The van der Waals surface area contributed by atoms with E-state index in [-0.39, 0.29) is 0 Å². The standard InChI is InChI=1S/C9H9NO2/c1-7-3-2-4-8(5-7)9(11)12-6-10/h2-6,10H,1H3. The Balaban J connectivity index is 2.87. The minimum atomic E-state index is -0.492. The molecule has 1 aromatic rings. The highest BCUT2D eigenvalue weighted by Gasteiger charge is 2.04. The molecule has 0 radical (unpaired) electrons. The largest absolute Gasteiger partial charge is 0.411 e. The Morgan fingerprint density at radius 1 is 1.58 bits per heavy atom. The molecule has 1 aromatic carbocycles. The third-order valence-electron chi connectivity index (χ3n) is 1.42. The average molecular weight is 163 g/mol. The highest BCUT2D eigenvalue weighted by atomic mass is 16.5. The van der Waals surface area contributed by atoms with E-state index in [1.54, 1.807) is 18.2 Å². The molecular formula is C9H9NO2. The number of hydrogen-bond donors (Lipinski definition) is 1. The minimum Gasteiger partial charge on any atom is -0.411 e. The molecule has 0 saturated carbocycles. The van der Waals surface area contributed by atoms with E-state index in [0.717, 1.165) is 5.56 Å². The second-order valence-electron chi connectivity index (χ2n) is 2.39. The van der Waals surface area contributed by atoms with E-state index >= 15 is 0 Å². The molecule has 0 unspecified atom stereocenters. The predicted octanol–water partition coefficient (Wildman–Crippen LogP) is 1.76. The zero-order valence-corrected chi connectivity index (χ0v) is 6.70. The van der Waals surface area contributed by atoms with Crippen molar-refractivity contribution in [2.24, 2.45) is 0 Å². The third kappa shape index (κ3) is 1.92. The molecule has 0 amide bonds. The van der Waals surface area contributed by atoms with Gasteiger partial charge in [0.25, 0.3) is 0 Å². The molecule has 0 aromatic heterocycles. The molecule has 0 bridgehead atoms. The summed E-state index contributed by atoms with van der Waals surface area (Å²) in [6.45, 7) is 1.89. The van der Waals surface area contributed by atoms with Crippen LogP contribution in [0.4, 0.5) is 0 Å². The highest BCUT2D eigenvalue weighted by molar-refractivity contribution is 5.93. The lowest BCUT2D eigenvalue weighted by Crippen LogP contribution is -2.02. The molecule has 0 aliphatic carbocycles. The number of esters is 1. The fourth-order valence-corrected chi connectivity index (χ4v) is 0.894. The van der Waals surface area contributed by atoms with Crippen molar-refractivity contribution < 1.29 is 9.53 Å². The summed E-state index contributed by atoms with van der Waals surface area (Å²) in [5.41, 5.74) is 1.47. The van der Waals surface area contributed by atoms with E-state index < -0.39 is 5.97 Å². The van der Waals surface area contributed by atoms with Gasteiger partial charge in [-0.3, -0.25) is 5.41 Å². The lowest BCUT2D eigenvalue weighted by Gasteiger charge is -1.98. The molecule has 62 valence electrons. The SMILES string of the molecule is Cc1cccc(C(=O)OC=N)c1. The van der Waals surface area contributed by atoms with Crippen LogP contribution < -0.4 is 0 Å². The lowest BCUT2D eigenvalue weighted by molar-refractivity contribution is 0.0726. The fraction of sp³-hybridized carbons (Fsp3) is 0.111. The number of ether oxygens (including phenoxy) is 1. The topological polar surface area (TPSA) is 50.2 Å².